The van der Waals surface area contributed by atoms with Gasteiger partial charge in [-0.25, -0.2) is 0 Å². The van der Waals surface area contributed by atoms with E-state index >= 15 is 0 Å². The lowest BCUT2D eigenvalue weighted by molar-refractivity contribution is -0.384. The van der Waals surface area contributed by atoms with Crippen molar-refractivity contribution in [1.29, 1.82) is 0 Å². The highest BCUT2D eigenvalue weighted by Crippen LogP contribution is 2.16. The van der Waals surface area contributed by atoms with Gasteiger partial charge in [0.1, 0.15) is 0 Å². The van der Waals surface area contributed by atoms with Gasteiger partial charge >= 0.3 is 5.97 Å². The summed E-state index contributed by atoms with van der Waals surface area (Å²) in [7, 11) is 0. The Kier molecular flexibility index (Phi) is 6.43. The molecule has 1 unspecified atom stereocenters. The zero-order valence-electron chi connectivity index (χ0n) is 14.4. The highest BCUT2D eigenvalue weighted by molar-refractivity contribution is 5.80. The van der Waals surface area contributed by atoms with E-state index in [1.807, 2.05) is 30.3 Å². The molecule has 0 saturated carbocycles. The van der Waals surface area contributed by atoms with Crippen LogP contribution in [-0.4, -0.2) is 33.4 Å². The molecule has 0 bridgehead atoms. The van der Waals surface area contributed by atoms with Gasteiger partial charge in [-0.1, -0.05) is 49.4 Å². The number of non-ortho nitro benzene ring substituents is 1. The van der Waals surface area contributed by atoms with Crippen molar-refractivity contribution in [3.05, 3.63) is 75.8 Å². The van der Waals surface area contributed by atoms with Crippen LogP contribution >= 0.6 is 0 Å². The third kappa shape index (κ3) is 5.41. The number of carboxylic acid groups (broad SMARTS) is 1. The Labute approximate surface area is 151 Å². The Morgan fingerprint density at radius 2 is 1.77 bits per heavy atom. The van der Waals surface area contributed by atoms with E-state index in [-0.39, 0.29) is 31.1 Å². The molecule has 0 aliphatic carbocycles. The smallest absolute Gasteiger partial charge is 0.308 e. The molecule has 2 rings (SSSR count). The van der Waals surface area contributed by atoms with Gasteiger partial charge in [-0.3, -0.25) is 19.7 Å². The zero-order chi connectivity index (χ0) is 19.1. The molecule has 1 N–H and O–H groups in total. The third-order valence-corrected chi connectivity index (χ3v) is 3.96. The first kappa shape index (κ1) is 19.1. The molecule has 26 heavy (non-hydrogen) atoms. The highest BCUT2D eigenvalue weighted by atomic mass is 16.6. The second kappa shape index (κ2) is 8.75. The average Bonchev–Trinajstić information content (AvgIpc) is 2.62. The summed E-state index contributed by atoms with van der Waals surface area (Å²) in [5.74, 6) is -1.97. The predicted molar refractivity (Wildman–Crippen MR) is 95.5 cm³/mol. The fraction of sp³-hybridized carbons (Fsp3) is 0.263. The summed E-state index contributed by atoms with van der Waals surface area (Å²) in [5, 5.41) is 20.0. The molecule has 0 radical (unpaired) electrons. The first-order valence-corrected chi connectivity index (χ1v) is 8.14. The van der Waals surface area contributed by atoms with Crippen molar-refractivity contribution in [2.75, 3.05) is 6.54 Å². The van der Waals surface area contributed by atoms with Crippen molar-refractivity contribution < 1.29 is 19.6 Å². The number of carbonyl (C=O) groups excluding carboxylic acids is 1. The van der Waals surface area contributed by atoms with Gasteiger partial charge in [0, 0.05) is 25.2 Å². The van der Waals surface area contributed by atoms with Gasteiger partial charge in [-0.2, -0.15) is 0 Å². The van der Waals surface area contributed by atoms with E-state index in [2.05, 4.69) is 0 Å². The van der Waals surface area contributed by atoms with Crippen molar-refractivity contribution in [1.82, 2.24) is 4.90 Å². The number of rotatable bonds is 8. The number of hydrogen-bond acceptors (Lipinski definition) is 4. The maximum atomic E-state index is 12.7. The Hall–Kier alpha value is -3.22. The molecule has 1 atom stereocenters. The van der Waals surface area contributed by atoms with Gasteiger partial charge in [0.25, 0.3) is 5.69 Å². The lowest BCUT2D eigenvalue weighted by Crippen LogP contribution is -2.37. The van der Waals surface area contributed by atoms with Crippen LogP contribution in [-0.2, 0) is 22.6 Å². The van der Waals surface area contributed by atoms with Crippen LogP contribution in [0, 0.1) is 16.0 Å². The van der Waals surface area contributed by atoms with Gasteiger partial charge in [0.05, 0.1) is 17.3 Å². The molecule has 7 heteroatoms. The fourth-order valence-electron chi connectivity index (χ4n) is 2.53. The van der Waals surface area contributed by atoms with Crippen molar-refractivity contribution in [3.63, 3.8) is 0 Å². The summed E-state index contributed by atoms with van der Waals surface area (Å²) in [6.07, 6.45) is -0.0269. The van der Waals surface area contributed by atoms with Crippen LogP contribution in [0.5, 0.6) is 0 Å². The molecule has 2 aromatic rings. The monoisotopic (exact) mass is 356 g/mol. The summed E-state index contributed by atoms with van der Waals surface area (Å²) in [5.41, 5.74) is 1.33. The molecule has 0 aromatic heterocycles. The number of benzene rings is 2. The maximum Gasteiger partial charge on any atom is 0.308 e. The molecular weight excluding hydrogens is 336 g/mol. The zero-order valence-corrected chi connectivity index (χ0v) is 14.4. The Morgan fingerprint density at radius 3 is 2.38 bits per heavy atom. The molecule has 0 saturated heterocycles. The van der Waals surface area contributed by atoms with Crippen molar-refractivity contribution in [2.45, 2.75) is 19.9 Å². The first-order valence-electron chi connectivity index (χ1n) is 8.14. The van der Waals surface area contributed by atoms with Crippen molar-refractivity contribution >= 4 is 17.6 Å². The summed E-state index contributed by atoms with van der Waals surface area (Å²) in [6.45, 7) is 1.89. The van der Waals surface area contributed by atoms with E-state index in [0.717, 1.165) is 5.56 Å². The Balaban J connectivity index is 2.17. The van der Waals surface area contributed by atoms with Gasteiger partial charge in [0.2, 0.25) is 5.91 Å². The second-order valence-corrected chi connectivity index (χ2v) is 6.10. The summed E-state index contributed by atoms with van der Waals surface area (Å²) in [4.78, 5) is 35.7. The number of hydrogen-bond donors (Lipinski definition) is 1. The molecular formula is C19H20N2O5. The van der Waals surface area contributed by atoms with E-state index in [1.165, 1.54) is 23.1 Å². The lowest BCUT2D eigenvalue weighted by Gasteiger charge is -2.25. The molecule has 0 aliphatic heterocycles. The minimum atomic E-state index is -0.980. The van der Waals surface area contributed by atoms with Gasteiger partial charge in [0.15, 0.2) is 0 Å². The van der Waals surface area contributed by atoms with E-state index < -0.39 is 16.8 Å². The second-order valence-electron chi connectivity index (χ2n) is 6.10. The Bertz CT molecular complexity index is 792. The van der Waals surface area contributed by atoms with Gasteiger partial charge in [-0.05, 0) is 11.1 Å². The molecule has 0 fully saturated rings. The predicted octanol–water partition coefficient (Wildman–Crippen LogP) is 2.89. The maximum absolute atomic E-state index is 12.7. The highest BCUT2D eigenvalue weighted by Gasteiger charge is 2.21. The molecule has 136 valence electrons. The average molecular weight is 356 g/mol. The van der Waals surface area contributed by atoms with Crippen LogP contribution in [0.1, 0.15) is 18.1 Å². The number of carbonyl (C=O) groups is 2. The quantitative estimate of drug-likeness (QED) is 0.579. The number of aliphatic carboxylic acids is 1. The number of nitro groups is 1. The standard InChI is InChI=1S/C19H20N2O5/c1-14(19(23)24)12-20(13-15-6-3-2-4-7-15)18(22)11-16-8-5-9-17(10-16)21(25)26/h2-10,14H,11-13H2,1H3,(H,23,24). The van der Waals surface area contributed by atoms with Crippen LogP contribution in [0.4, 0.5) is 5.69 Å². The molecule has 0 spiro atoms. The summed E-state index contributed by atoms with van der Waals surface area (Å²) in [6, 6.07) is 15.2. The number of amides is 1. The first-order chi connectivity index (χ1) is 12.4. The molecule has 0 heterocycles. The largest absolute Gasteiger partial charge is 0.481 e. The van der Waals surface area contributed by atoms with Crippen LogP contribution in [0.25, 0.3) is 0 Å². The fourth-order valence-corrected chi connectivity index (χ4v) is 2.53. The minimum Gasteiger partial charge on any atom is -0.481 e. The van der Waals surface area contributed by atoms with Crippen molar-refractivity contribution in [2.24, 2.45) is 5.92 Å². The number of nitrogens with zero attached hydrogens (tertiary/aromatic N) is 2. The summed E-state index contributed by atoms with van der Waals surface area (Å²) < 4.78 is 0. The van der Waals surface area contributed by atoms with Crippen LogP contribution in [0.15, 0.2) is 54.6 Å². The summed E-state index contributed by atoms with van der Waals surface area (Å²) >= 11 is 0. The normalized spacial score (nSPS) is 11.6. The molecule has 2 aromatic carbocycles. The van der Waals surface area contributed by atoms with Crippen LogP contribution < -0.4 is 0 Å². The molecule has 0 aliphatic rings. The van der Waals surface area contributed by atoms with E-state index in [9.17, 15) is 19.7 Å². The van der Waals surface area contributed by atoms with E-state index in [0.29, 0.717) is 5.56 Å². The van der Waals surface area contributed by atoms with Gasteiger partial charge in [-0.15, -0.1) is 0 Å². The topological polar surface area (TPSA) is 101 Å². The number of nitro benzene ring substituents is 1. The van der Waals surface area contributed by atoms with Gasteiger partial charge < -0.3 is 10.0 Å². The third-order valence-electron chi connectivity index (χ3n) is 3.96. The lowest BCUT2D eigenvalue weighted by atomic mass is 10.1. The Morgan fingerprint density at radius 1 is 1.12 bits per heavy atom. The van der Waals surface area contributed by atoms with Crippen LogP contribution in [0.2, 0.25) is 0 Å². The SMILES string of the molecule is CC(CN(Cc1ccccc1)C(=O)Cc1cccc([N+](=O)[O-])c1)C(=O)O. The van der Waals surface area contributed by atoms with E-state index in [4.69, 9.17) is 5.11 Å². The van der Waals surface area contributed by atoms with Crippen LogP contribution in [0.3, 0.4) is 0 Å². The molecule has 1 amide bonds. The van der Waals surface area contributed by atoms with Crippen molar-refractivity contribution in [3.8, 4) is 0 Å². The van der Waals surface area contributed by atoms with E-state index in [1.54, 1.807) is 13.0 Å². The molecule has 7 nitrogen and oxygen atoms in total. The minimum absolute atomic E-state index is 0.0269. The number of carboxylic acids is 1.